The molecule has 12 rings (SSSR count). The molecular formula is C53H32N2O. The van der Waals surface area contributed by atoms with Crippen LogP contribution >= 0.6 is 0 Å². The van der Waals surface area contributed by atoms with Crippen molar-refractivity contribution in [1.29, 1.82) is 0 Å². The Bertz CT molecular complexity index is 3170. The fraction of sp³-hybridized carbons (Fsp3) is 0.0189. The van der Waals surface area contributed by atoms with Crippen molar-refractivity contribution in [2.24, 2.45) is 0 Å². The fourth-order valence-electron chi connectivity index (χ4n) is 9.56. The summed E-state index contributed by atoms with van der Waals surface area (Å²) in [7, 11) is 0. The Morgan fingerprint density at radius 3 is 1.48 bits per heavy atom. The molecule has 56 heavy (non-hydrogen) atoms. The molecule has 260 valence electrons. The van der Waals surface area contributed by atoms with Crippen LogP contribution in [0, 0.1) is 0 Å². The lowest BCUT2D eigenvalue weighted by molar-refractivity contribution is 0.669. The SMILES string of the molecule is c1ccc(-c2nc(-c3ccc4c(c3)-c3ccccc3-c3ccccc3C43c4ccccc4-c4ccccc43)cc(-c3ccc4oc5ccccc5c4c3)n2)cc1. The molecule has 1 spiro atoms. The normalized spacial score (nSPS) is 13.1. The topological polar surface area (TPSA) is 38.9 Å². The summed E-state index contributed by atoms with van der Waals surface area (Å²) >= 11 is 0. The van der Waals surface area contributed by atoms with Gasteiger partial charge >= 0.3 is 0 Å². The van der Waals surface area contributed by atoms with Crippen molar-refractivity contribution in [3.05, 3.63) is 216 Å². The van der Waals surface area contributed by atoms with Gasteiger partial charge in [-0.1, -0.05) is 158 Å². The van der Waals surface area contributed by atoms with E-state index in [9.17, 15) is 0 Å². The molecular weight excluding hydrogens is 681 g/mol. The second-order valence-electron chi connectivity index (χ2n) is 14.8. The number of para-hydroxylation sites is 1. The standard InChI is InChI=1S/C53H32N2O/c1-2-14-33(15-3-1)52-54-48(32-49(55-52)35-27-29-51-43(31-35)41-21-9-13-25-50(41)56-51)34-26-28-47-42(30-34)37-17-5-4-16-36(37)38-18-6-10-22-44(38)53(47)45-23-11-7-19-39(45)40-20-8-12-24-46(40)53/h1-32H. The molecule has 2 aliphatic rings. The van der Waals surface area contributed by atoms with Crippen LogP contribution in [0.4, 0.5) is 0 Å². The number of nitrogens with zero attached hydrogens (tertiary/aromatic N) is 2. The molecule has 0 saturated heterocycles. The summed E-state index contributed by atoms with van der Waals surface area (Å²) in [6, 6.07) is 69.9. The zero-order chi connectivity index (χ0) is 36.8. The van der Waals surface area contributed by atoms with E-state index in [0.717, 1.165) is 50.0 Å². The largest absolute Gasteiger partial charge is 0.456 e. The molecule has 0 amide bonds. The Hall–Kier alpha value is -7.36. The lowest BCUT2D eigenvalue weighted by atomic mass is 9.66. The molecule has 3 heteroatoms. The van der Waals surface area contributed by atoms with Crippen LogP contribution in [0.15, 0.2) is 199 Å². The van der Waals surface area contributed by atoms with Crippen LogP contribution < -0.4 is 0 Å². The highest BCUT2D eigenvalue weighted by molar-refractivity contribution is 6.06. The number of aromatic nitrogens is 2. The van der Waals surface area contributed by atoms with E-state index in [0.29, 0.717) is 5.82 Å². The van der Waals surface area contributed by atoms with E-state index in [1.54, 1.807) is 0 Å². The van der Waals surface area contributed by atoms with Crippen LogP contribution in [0.3, 0.4) is 0 Å². The average Bonchev–Trinajstić information content (AvgIpc) is 3.76. The molecule has 0 atom stereocenters. The highest BCUT2D eigenvalue weighted by Crippen LogP contribution is 2.61. The summed E-state index contributed by atoms with van der Waals surface area (Å²) in [4.78, 5) is 10.5. The minimum atomic E-state index is -0.522. The van der Waals surface area contributed by atoms with Crippen molar-refractivity contribution in [2.75, 3.05) is 0 Å². The second kappa shape index (κ2) is 11.8. The Kier molecular flexibility index (Phi) is 6.55. The van der Waals surface area contributed by atoms with Gasteiger partial charge in [-0.3, -0.25) is 0 Å². The number of benzene rings is 8. The van der Waals surface area contributed by atoms with E-state index < -0.39 is 5.41 Å². The molecule has 0 saturated carbocycles. The number of hydrogen-bond acceptors (Lipinski definition) is 3. The monoisotopic (exact) mass is 712 g/mol. The average molecular weight is 713 g/mol. The van der Waals surface area contributed by atoms with Gasteiger partial charge in [0.15, 0.2) is 5.82 Å². The highest BCUT2D eigenvalue weighted by atomic mass is 16.3. The summed E-state index contributed by atoms with van der Waals surface area (Å²) in [6.45, 7) is 0. The van der Waals surface area contributed by atoms with E-state index in [4.69, 9.17) is 14.4 Å². The van der Waals surface area contributed by atoms with Gasteiger partial charge in [0.2, 0.25) is 0 Å². The second-order valence-corrected chi connectivity index (χ2v) is 14.8. The first kappa shape index (κ1) is 31.0. The number of furan rings is 1. The third-order valence-corrected chi connectivity index (χ3v) is 11.9. The third-order valence-electron chi connectivity index (χ3n) is 11.9. The van der Waals surface area contributed by atoms with Gasteiger partial charge in [0, 0.05) is 27.5 Å². The van der Waals surface area contributed by atoms with E-state index in [1.807, 2.05) is 30.3 Å². The summed E-state index contributed by atoms with van der Waals surface area (Å²) in [5.74, 6) is 0.688. The zero-order valence-electron chi connectivity index (χ0n) is 30.3. The quantitative estimate of drug-likeness (QED) is 0.183. The van der Waals surface area contributed by atoms with Gasteiger partial charge in [0.1, 0.15) is 11.2 Å². The molecule has 0 N–H and O–H groups in total. The van der Waals surface area contributed by atoms with E-state index in [1.165, 1.54) is 55.6 Å². The third kappa shape index (κ3) is 4.34. The highest BCUT2D eigenvalue weighted by Gasteiger charge is 2.49. The van der Waals surface area contributed by atoms with Gasteiger partial charge in [0.25, 0.3) is 0 Å². The smallest absolute Gasteiger partial charge is 0.160 e. The van der Waals surface area contributed by atoms with Crippen LogP contribution in [0.5, 0.6) is 0 Å². The fourth-order valence-corrected chi connectivity index (χ4v) is 9.56. The van der Waals surface area contributed by atoms with Gasteiger partial charge < -0.3 is 4.42 Å². The Morgan fingerprint density at radius 1 is 0.321 bits per heavy atom. The molecule has 0 radical (unpaired) electrons. The van der Waals surface area contributed by atoms with Gasteiger partial charge in [-0.2, -0.15) is 0 Å². The van der Waals surface area contributed by atoms with Gasteiger partial charge in [-0.05, 0) is 92.0 Å². The summed E-state index contributed by atoms with van der Waals surface area (Å²) < 4.78 is 6.20. The van der Waals surface area contributed by atoms with Gasteiger partial charge in [-0.15, -0.1) is 0 Å². The van der Waals surface area contributed by atoms with Crippen molar-refractivity contribution in [1.82, 2.24) is 9.97 Å². The van der Waals surface area contributed by atoms with Crippen LogP contribution in [-0.4, -0.2) is 9.97 Å². The molecule has 2 aromatic heterocycles. The first-order valence-corrected chi connectivity index (χ1v) is 19.2. The zero-order valence-corrected chi connectivity index (χ0v) is 30.3. The number of hydrogen-bond donors (Lipinski definition) is 0. The van der Waals surface area contributed by atoms with Gasteiger partial charge in [0.05, 0.1) is 16.8 Å². The maximum absolute atomic E-state index is 6.20. The lowest BCUT2D eigenvalue weighted by Crippen LogP contribution is -2.29. The summed E-state index contributed by atoms with van der Waals surface area (Å²) in [6.07, 6.45) is 0. The maximum Gasteiger partial charge on any atom is 0.160 e. The molecule has 0 aliphatic heterocycles. The van der Waals surface area contributed by atoms with Crippen LogP contribution in [0.1, 0.15) is 22.3 Å². The molecule has 0 bridgehead atoms. The first-order chi connectivity index (χ1) is 27.8. The number of rotatable bonds is 3. The van der Waals surface area contributed by atoms with Crippen LogP contribution in [-0.2, 0) is 5.41 Å². The van der Waals surface area contributed by atoms with Crippen molar-refractivity contribution < 1.29 is 4.42 Å². The Labute approximate surface area is 324 Å². The predicted molar refractivity (Wildman–Crippen MR) is 227 cm³/mol. The Balaban J connectivity index is 1.13. The molecule has 2 aliphatic carbocycles. The molecule has 2 heterocycles. The van der Waals surface area contributed by atoms with E-state index >= 15 is 0 Å². The van der Waals surface area contributed by atoms with Crippen molar-refractivity contribution >= 4 is 21.9 Å². The summed E-state index contributed by atoms with van der Waals surface area (Å²) in [5.41, 5.74) is 18.6. The van der Waals surface area contributed by atoms with E-state index in [-0.39, 0.29) is 0 Å². The Morgan fingerprint density at radius 2 is 0.804 bits per heavy atom. The molecule has 10 aromatic rings. The van der Waals surface area contributed by atoms with E-state index in [2.05, 4.69) is 164 Å². The minimum absolute atomic E-state index is 0.522. The summed E-state index contributed by atoms with van der Waals surface area (Å²) in [5, 5.41) is 2.17. The lowest BCUT2D eigenvalue weighted by Gasteiger charge is -2.35. The minimum Gasteiger partial charge on any atom is -0.456 e. The van der Waals surface area contributed by atoms with Crippen LogP contribution in [0.2, 0.25) is 0 Å². The first-order valence-electron chi connectivity index (χ1n) is 19.2. The van der Waals surface area contributed by atoms with Crippen molar-refractivity contribution in [2.45, 2.75) is 5.41 Å². The van der Waals surface area contributed by atoms with Gasteiger partial charge in [-0.25, -0.2) is 9.97 Å². The number of fused-ring (bicyclic) bond motifs is 15. The van der Waals surface area contributed by atoms with Crippen molar-refractivity contribution in [3.63, 3.8) is 0 Å². The molecule has 0 fully saturated rings. The molecule has 3 nitrogen and oxygen atoms in total. The predicted octanol–water partition coefficient (Wildman–Crippen LogP) is 13.4. The molecule has 0 unspecified atom stereocenters. The maximum atomic E-state index is 6.20. The van der Waals surface area contributed by atoms with Crippen molar-refractivity contribution in [3.8, 4) is 67.3 Å². The van der Waals surface area contributed by atoms with Crippen LogP contribution in [0.25, 0.3) is 89.2 Å². The molecule has 8 aromatic carbocycles.